The summed E-state index contributed by atoms with van der Waals surface area (Å²) in [5.74, 6) is -0.820. The summed E-state index contributed by atoms with van der Waals surface area (Å²) in [5, 5.41) is 20.2. The van der Waals surface area contributed by atoms with E-state index >= 15 is 0 Å². The molecule has 1 saturated heterocycles. The largest absolute Gasteiger partial charge is 0.480 e. The van der Waals surface area contributed by atoms with Crippen LogP contribution >= 0.6 is 15.9 Å². The molecule has 1 aliphatic rings. The van der Waals surface area contributed by atoms with Gasteiger partial charge in [0.25, 0.3) is 0 Å². The van der Waals surface area contributed by atoms with Gasteiger partial charge in [0, 0.05) is 16.6 Å². The zero-order valence-corrected chi connectivity index (χ0v) is 12.1. The van der Waals surface area contributed by atoms with Gasteiger partial charge in [0.1, 0.15) is 11.7 Å². The smallest absolute Gasteiger partial charge is 0.320 e. The van der Waals surface area contributed by atoms with Crippen molar-refractivity contribution < 1.29 is 9.90 Å². The third-order valence-electron chi connectivity index (χ3n) is 3.41. The second-order valence-electron chi connectivity index (χ2n) is 4.78. The molecule has 2 N–H and O–H groups in total. The van der Waals surface area contributed by atoms with E-state index in [1.54, 1.807) is 4.68 Å². The molecule has 0 unspecified atom stereocenters. The molecule has 1 aromatic carbocycles. The number of hydrogen-bond acceptors (Lipinski definition) is 4. The van der Waals surface area contributed by atoms with Gasteiger partial charge in [0.15, 0.2) is 0 Å². The number of hydrogen-bond donors (Lipinski definition) is 2. The highest BCUT2D eigenvalue weighted by molar-refractivity contribution is 9.10. The summed E-state index contributed by atoms with van der Waals surface area (Å²) in [6.45, 7) is 0.595. The average Bonchev–Trinajstić information content (AvgIpc) is 3.08. The van der Waals surface area contributed by atoms with E-state index in [0.717, 1.165) is 15.7 Å². The number of halogens is 1. The Labute approximate surface area is 123 Å². The molecule has 1 aliphatic heterocycles. The number of carboxylic acids is 1. The summed E-state index contributed by atoms with van der Waals surface area (Å²) < 4.78 is 2.73. The van der Waals surface area contributed by atoms with E-state index in [2.05, 4.69) is 31.6 Å². The normalized spacial score (nSPS) is 22.1. The van der Waals surface area contributed by atoms with Crippen molar-refractivity contribution in [2.24, 2.45) is 0 Å². The van der Waals surface area contributed by atoms with Crippen molar-refractivity contribution in [3.05, 3.63) is 34.9 Å². The maximum atomic E-state index is 10.9. The van der Waals surface area contributed by atoms with Gasteiger partial charge in [-0.25, -0.2) is 4.68 Å². The first-order valence-electron chi connectivity index (χ1n) is 6.27. The van der Waals surface area contributed by atoms with Crippen molar-refractivity contribution in [3.8, 4) is 11.3 Å². The van der Waals surface area contributed by atoms with Gasteiger partial charge in [-0.3, -0.25) is 4.79 Å². The minimum atomic E-state index is -0.820. The van der Waals surface area contributed by atoms with Crippen LogP contribution in [0, 0.1) is 0 Å². The van der Waals surface area contributed by atoms with E-state index in [1.165, 1.54) is 0 Å². The third-order valence-corrected chi connectivity index (χ3v) is 3.90. The van der Waals surface area contributed by atoms with Crippen LogP contribution in [-0.2, 0) is 4.79 Å². The minimum absolute atomic E-state index is 0.0319. The molecule has 6 nitrogen and oxygen atoms in total. The predicted molar refractivity (Wildman–Crippen MR) is 76.2 cm³/mol. The number of rotatable bonds is 3. The van der Waals surface area contributed by atoms with Gasteiger partial charge in [-0.05, 0) is 18.6 Å². The minimum Gasteiger partial charge on any atom is -0.480 e. The highest BCUT2D eigenvalue weighted by atomic mass is 79.9. The Hall–Kier alpha value is -1.73. The summed E-state index contributed by atoms with van der Waals surface area (Å²) in [7, 11) is 0. The van der Waals surface area contributed by atoms with Gasteiger partial charge in [-0.1, -0.05) is 33.3 Å². The maximum absolute atomic E-state index is 10.9. The number of carbonyl (C=O) groups is 1. The molecule has 104 valence electrons. The molecule has 2 atom stereocenters. The molecule has 0 bridgehead atoms. The lowest BCUT2D eigenvalue weighted by Crippen LogP contribution is -2.29. The molecule has 0 radical (unpaired) electrons. The van der Waals surface area contributed by atoms with Crippen molar-refractivity contribution in [2.45, 2.75) is 18.5 Å². The van der Waals surface area contributed by atoms with Gasteiger partial charge in [0.2, 0.25) is 0 Å². The summed E-state index contributed by atoms with van der Waals surface area (Å²) in [6, 6.07) is 7.36. The zero-order chi connectivity index (χ0) is 14.1. The van der Waals surface area contributed by atoms with E-state index in [9.17, 15) is 4.79 Å². The first-order chi connectivity index (χ1) is 9.63. The quantitative estimate of drug-likeness (QED) is 0.891. The number of carboxylic acid groups (broad SMARTS) is 1. The molecule has 1 fully saturated rings. The topological polar surface area (TPSA) is 80.0 Å². The number of benzene rings is 1. The Morgan fingerprint density at radius 2 is 2.35 bits per heavy atom. The number of nitrogens with zero attached hydrogens (tertiary/aromatic N) is 3. The van der Waals surface area contributed by atoms with E-state index in [-0.39, 0.29) is 6.04 Å². The van der Waals surface area contributed by atoms with Crippen LogP contribution in [0.2, 0.25) is 0 Å². The summed E-state index contributed by atoms with van der Waals surface area (Å²) in [4.78, 5) is 10.9. The van der Waals surface area contributed by atoms with Crippen LogP contribution in [0.5, 0.6) is 0 Å². The molecule has 0 aliphatic carbocycles. The Balaban J connectivity index is 1.79. The van der Waals surface area contributed by atoms with Crippen molar-refractivity contribution in [2.75, 3.05) is 6.54 Å². The first kappa shape index (κ1) is 13.3. The fourth-order valence-electron chi connectivity index (χ4n) is 2.34. The van der Waals surface area contributed by atoms with Crippen LogP contribution < -0.4 is 5.32 Å². The van der Waals surface area contributed by atoms with E-state index in [1.807, 2.05) is 30.5 Å². The summed E-state index contributed by atoms with van der Waals surface area (Å²) in [5.41, 5.74) is 1.76. The molecular weight excluding hydrogens is 324 g/mol. The van der Waals surface area contributed by atoms with Gasteiger partial charge in [-0.15, -0.1) is 5.10 Å². The lowest BCUT2D eigenvalue weighted by atomic mass is 10.1. The first-order valence-corrected chi connectivity index (χ1v) is 7.07. The van der Waals surface area contributed by atoms with Gasteiger partial charge in [0.05, 0.1) is 12.2 Å². The lowest BCUT2D eigenvalue weighted by Gasteiger charge is -2.07. The molecule has 20 heavy (non-hydrogen) atoms. The SMILES string of the molecule is O=C(O)[C@@H]1C[C@H](n2cc(-c3cccc(Br)c3)nn2)CN1. The van der Waals surface area contributed by atoms with Crippen LogP contribution in [0.15, 0.2) is 34.9 Å². The number of aromatic nitrogens is 3. The van der Waals surface area contributed by atoms with E-state index < -0.39 is 12.0 Å². The highest BCUT2D eigenvalue weighted by Gasteiger charge is 2.30. The Bertz CT molecular complexity index is 643. The fraction of sp³-hybridized carbons (Fsp3) is 0.308. The maximum Gasteiger partial charge on any atom is 0.320 e. The Morgan fingerprint density at radius 1 is 1.50 bits per heavy atom. The fourth-order valence-corrected chi connectivity index (χ4v) is 2.74. The molecule has 7 heteroatoms. The summed E-state index contributed by atoms with van der Waals surface area (Å²) in [6.07, 6.45) is 2.38. The third kappa shape index (κ3) is 2.59. The molecule has 2 aromatic rings. The van der Waals surface area contributed by atoms with Crippen molar-refractivity contribution in [3.63, 3.8) is 0 Å². The van der Waals surface area contributed by atoms with Crippen LogP contribution in [0.1, 0.15) is 12.5 Å². The van der Waals surface area contributed by atoms with Gasteiger partial charge >= 0.3 is 5.97 Å². The second kappa shape index (κ2) is 5.34. The average molecular weight is 337 g/mol. The zero-order valence-electron chi connectivity index (χ0n) is 10.5. The molecule has 2 heterocycles. The van der Waals surface area contributed by atoms with Crippen molar-refractivity contribution in [1.82, 2.24) is 20.3 Å². The van der Waals surface area contributed by atoms with Crippen LogP contribution in [0.4, 0.5) is 0 Å². The monoisotopic (exact) mass is 336 g/mol. The predicted octanol–water partition coefficient (Wildman–Crippen LogP) is 1.70. The van der Waals surface area contributed by atoms with Crippen molar-refractivity contribution >= 4 is 21.9 Å². The van der Waals surface area contributed by atoms with E-state index in [4.69, 9.17) is 5.11 Å². The molecule has 0 spiro atoms. The van der Waals surface area contributed by atoms with Crippen LogP contribution in [0.3, 0.4) is 0 Å². The summed E-state index contributed by atoms with van der Waals surface area (Å²) >= 11 is 3.43. The Kier molecular flexibility index (Phi) is 3.54. The molecule has 1 aromatic heterocycles. The van der Waals surface area contributed by atoms with E-state index in [0.29, 0.717) is 13.0 Å². The molecular formula is C13H13BrN4O2. The molecule has 0 saturated carbocycles. The lowest BCUT2D eigenvalue weighted by molar-refractivity contribution is -0.139. The Morgan fingerprint density at radius 3 is 3.05 bits per heavy atom. The second-order valence-corrected chi connectivity index (χ2v) is 5.70. The number of nitrogens with one attached hydrogen (secondary N) is 1. The highest BCUT2D eigenvalue weighted by Crippen LogP contribution is 2.24. The molecule has 0 amide bonds. The molecule has 3 rings (SSSR count). The van der Waals surface area contributed by atoms with Crippen LogP contribution in [0.25, 0.3) is 11.3 Å². The van der Waals surface area contributed by atoms with Crippen molar-refractivity contribution in [1.29, 1.82) is 0 Å². The van der Waals surface area contributed by atoms with Gasteiger partial charge in [-0.2, -0.15) is 0 Å². The van der Waals surface area contributed by atoms with Crippen LogP contribution in [-0.4, -0.2) is 38.7 Å². The number of aliphatic carboxylic acids is 1. The standard InChI is InChI=1S/C13H13BrN4O2/c14-9-3-1-2-8(4-9)12-7-18(17-16-12)10-5-11(13(19)20)15-6-10/h1-4,7,10-11,15H,5-6H2,(H,19,20)/t10-,11-/m0/s1. The van der Waals surface area contributed by atoms with Gasteiger partial charge < -0.3 is 10.4 Å².